The Morgan fingerprint density at radius 3 is 2.91 bits per heavy atom. The normalized spacial score (nSPS) is 10.0. The maximum atomic E-state index is 9.29. The Balaban J connectivity index is 2.96. The van der Waals surface area contributed by atoms with Crippen molar-refractivity contribution in [3.63, 3.8) is 0 Å². The Morgan fingerprint density at radius 2 is 2.27 bits per heavy atom. The summed E-state index contributed by atoms with van der Waals surface area (Å²) in [5, 5.41) is 12.3. The number of benzene rings is 1. The van der Waals surface area contributed by atoms with Gasteiger partial charge in [-0.3, -0.25) is 0 Å². The molecule has 0 fully saturated rings. The van der Waals surface area contributed by atoms with Crippen LogP contribution in [0.15, 0.2) is 18.2 Å². The number of phenols is 1. The monoisotopic (exact) mass is 263 g/mol. The number of hydrogen-bond acceptors (Lipinski definition) is 2. The predicted octanol–water partition coefficient (Wildman–Crippen LogP) is 1.72. The van der Waals surface area contributed by atoms with Crippen LogP contribution in [0.3, 0.4) is 0 Å². The summed E-state index contributed by atoms with van der Waals surface area (Å²) in [5.74, 6) is 0.360. The quantitative estimate of drug-likeness (QED) is 0.796. The summed E-state index contributed by atoms with van der Waals surface area (Å²) < 4.78 is 0.930. The lowest BCUT2D eigenvalue weighted by molar-refractivity contribution is 0.470. The average Bonchev–Trinajstić information content (AvgIpc) is 1.99. The van der Waals surface area contributed by atoms with E-state index in [1.165, 1.54) is 0 Å². The Labute approximate surface area is 79.8 Å². The van der Waals surface area contributed by atoms with Crippen molar-refractivity contribution in [2.75, 3.05) is 7.05 Å². The Bertz CT molecular complexity index is 250. The van der Waals surface area contributed by atoms with Crippen molar-refractivity contribution < 1.29 is 5.11 Å². The van der Waals surface area contributed by atoms with Gasteiger partial charge in [0.1, 0.15) is 5.75 Å². The minimum Gasteiger partial charge on any atom is -0.507 e. The standard InChI is InChI=1S/C8H10INO/c1-10-5-6-3-2-4-7(11)8(6)9/h2-4,10-11H,5H2,1H3. The van der Waals surface area contributed by atoms with Gasteiger partial charge in [-0.2, -0.15) is 0 Å². The van der Waals surface area contributed by atoms with E-state index in [9.17, 15) is 5.11 Å². The molecule has 1 rings (SSSR count). The van der Waals surface area contributed by atoms with Gasteiger partial charge in [0.05, 0.1) is 3.57 Å². The second-order valence-electron chi connectivity index (χ2n) is 2.28. The zero-order chi connectivity index (χ0) is 8.27. The highest BCUT2D eigenvalue weighted by Gasteiger charge is 2.01. The molecule has 0 amide bonds. The molecule has 2 N–H and O–H groups in total. The first-order valence-corrected chi connectivity index (χ1v) is 4.44. The molecule has 0 aliphatic heterocycles. The minimum absolute atomic E-state index is 0.360. The number of phenolic OH excluding ortho intramolecular Hbond substituents is 1. The molecule has 0 unspecified atom stereocenters. The molecule has 60 valence electrons. The maximum absolute atomic E-state index is 9.29. The summed E-state index contributed by atoms with van der Waals surface area (Å²) in [6.45, 7) is 0.798. The minimum atomic E-state index is 0.360. The molecule has 0 spiro atoms. The number of rotatable bonds is 2. The molecule has 11 heavy (non-hydrogen) atoms. The van der Waals surface area contributed by atoms with Crippen molar-refractivity contribution in [2.24, 2.45) is 0 Å². The molecule has 0 aliphatic carbocycles. The van der Waals surface area contributed by atoms with E-state index in [1.54, 1.807) is 6.07 Å². The van der Waals surface area contributed by atoms with Crippen LogP contribution >= 0.6 is 22.6 Å². The number of halogens is 1. The molecule has 2 nitrogen and oxygen atoms in total. The summed E-state index contributed by atoms with van der Waals surface area (Å²) >= 11 is 2.14. The van der Waals surface area contributed by atoms with E-state index in [0.29, 0.717) is 5.75 Å². The van der Waals surface area contributed by atoms with E-state index in [2.05, 4.69) is 27.9 Å². The fourth-order valence-corrected chi connectivity index (χ4v) is 1.44. The first-order chi connectivity index (χ1) is 5.25. The largest absolute Gasteiger partial charge is 0.507 e. The molecule has 0 aliphatic rings. The number of hydrogen-bond donors (Lipinski definition) is 2. The van der Waals surface area contributed by atoms with Crippen molar-refractivity contribution in [1.29, 1.82) is 0 Å². The Hall–Kier alpha value is -0.290. The van der Waals surface area contributed by atoms with Crippen LogP contribution in [0.1, 0.15) is 5.56 Å². The summed E-state index contributed by atoms with van der Waals surface area (Å²) in [5.41, 5.74) is 1.13. The molecule has 0 heterocycles. The average molecular weight is 263 g/mol. The van der Waals surface area contributed by atoms with Gasteiger partial charge in [-0.05, 0) is 41.3 Å². The van der Waals surface area contributed by atoms with Gasteiger partial charge in [0, 0.05) is 6.54 Å². The molecular weight excluding hydrogens is 253 g/mol. The number of aromatic hydroxyl groups is 1. The van der Waals surface area contributed by atoms with Crippen molar-refractivity contribution in [3.8, 4) is 5.75 Å². The number of nitrogens with one attached hydrogen (secondary N) is 1. The van der Waals surface area contributed by atoms with Crippen LogP contribution < -0.4 is 5.32 Å². The Morgan fingerprint density at radius 1 is 1.55 bits per heavy atom. The third-order valence-electron chi connectivity index (χ3n) is 1.43. The SMILES string of the molecule is CNCc1cccc(O)c1I. The van der Waals surface area contributed by atoms with Crippen LogP contribution in [0.25, 0.3) is 0 Å². The molecule has 0 radical (unpaired) electrons. The molecule has 1 aromatic carbocycles. The molecule has 0 atom stereocenters. The molecule has 0 saturated carbocycles. The third-order valence-corrected chi connectivity index (χ3v) is 2.67. The smallest absolute Gasteiger partial charge is 0.129 e. The zero-order valence-electron chi connectivity index (χ0n) is 6.26. The van der Waals surface area contributed by atoms with Gasteiger partial charge in [0.2, 0.25) is 0 Å². The zero-order valence-corrected chi connectivity index (χ0v) is 8.42. The summed E-state index contributed by atoms with van der Waals surface area (Å²) in [4.78, 5) is 0. The van der Waals surface area contributed by atoms with Crippen LogP contribution in [0.5, 0.6) is 5.75 Å². The second-order valence-corrected chi connectivity index (χ2v) is 3.36. The molecule has 1 aromatic rings. The van der Waals surface area contributed by atoms with E-state index in [4.69, 9.17) is 0 Å². The van der Waals surface area contributed by atoms with Crippen LogP contribution in [0.4, 0.5) is 0 Å². The summed E-state index contributed by atoms with van der Waals surface area (Å²) in [7, 11) is 1.89. The maximum Gasteiger partial charge on any atom is 0.129 e. The lowest BCUT2D eigenvalue weighted by Crippen LogP contribution is -2.06. The van der Waals surface area contributed by atoms with E-state index in [0.717, 1.165) is 15.7 Å². The first kappa shape index (κ1) is 8.80. The van der Waals surface area contributed by atoms with E-state index in [1.807, 2.05) is 19.2 Å². The summed E-state index contributed by atoms with van der Waals surface area (Å²) in [6, 6.07) is 5.54. The Kier molecular flexibility index (Phi) is 3.14. The lowest BCUT2D eigenvalue weighted by atomic mass is 10.2. The van der Waals surface area contributed by atoms with Crippen LogP contribution in [-0.2, 0) is 6.54 Å². The van der Waals surface area contributed by atoms with E-state index in [-0.39, 0.29) is 0 Å². The first-order valence-electron chi connectivity index (χ1n) is 3.36. The highest BCUT2D eigenvalue weighted by atomic mass is 127. The van der Waals surface area contributed by atoms with Gasteiger partial charge < -0.3 is 10.4 Å². The molecular formula is C8H10INO. The fraction of sp³-hybridized carbons (Fsp3) is 0.250. The van der Waals surface area contributed by atoms with Gasteiger partial charge in [-0.15, -0.1) is 0 Å². The van der Waals surface area contributed by atoms with Crippen LogP contribution in [-0.4, -0.2) is 12.2 Å². The van der Waals surface area contributed by atoms with Crippen molar-refractivity contribution in [1.82, 2.24) is 5.32 Å². The van der Waals surface area contributed by atoms with Gasteiger partial charge >= 0.3 is 0 Å². The van der Waals surface area contributed by atoms with Crippen molar-refractivity contribution in [3.05, 3.63) is 27.3 Å². The molecule has 0 bridgehead atoms. The predicted molar refractivity (Wildman–Crippen MR) is 53.6 cm³/mol. The van der Waals surface area contributed by atoms with Gasteiger partial charge in [0.15, 0.2) is 0 Å². The van der Waals surface area contributed by atoms with Gasteiger partial charge in [-0.1, -0.05) is 12.1 Å². The lowest BCUT2D eigenvalue weighted by Gasteiger charge is -2.03. The second kappa shape index (κ2) is 3.92. The molecule has 3 heteroatoms. The van der Waals surface area contributed by atoms with E-state index < -0.39 is 0 Å². The molecule has 0 aromatic heterocycles. The van der Waals surface area contributed by atoms with E-state index >= 15 is 0 Å². The van der Waals surface area contributed by atoms with Crippen molar-refractivity contribution in [2.45, 2.75) is 6.54 Å². The topological polar surface area (TPSA) is 32.3 Å². The molecule has 0 saturated heterocycles. The third kappa shape index (κ3) is 2.07. The van der Waals surface area contributed by atoms with Gasteiger partial charge in [-0.25, -0.2) is 0 Å². The van der Waals surface area contributed by atoms with Crippen molar-refractivity contribution >= 4 is 22.6 Å². The van der Waals surface area contributed by atoms with Crippen LogP contribution in [0, 0.1) is 3.57 Å². The highest BCUT2D eigenvalue weighted by molar-refractivity contribution is 14.1. The van der Waals surface area contributed by atoms with Gasteiger partial charge in [0.25, 0.3) is 0 Å². The van der Waals surface area contributed by atoms with Crippen LogP contribution in [0.2, 0.25) is 0 Å². The summed E-state index contributed by atoms with van der Waals surface area (Å²) in [6.07, 6.45) is 0. The fourth-order valence-electron chi connectivity index (χ4n) is 0.893. The highest BCUT2D eigenvalue weighted by Crippen LogP contribution is 2.22.